The second-order valence-corrected chi connectivity index (χ2v) is 7.01. The predicted molar refractivity (Wildman–Crippen MR) is 99.6 cm³/mol. The second-order valence-electron chi connectivity index (χ2n) is 5.54. The molecule has 3 aromatic rings. The molecular weight excluding hydrogens is 383 g/mol. The van der Waals surface area contributed by atoms with Crippen LogP contribution in [0.2, 0.25) is 5.02 Å². The summed E-state index contributed by atoms with van der Waals surface area (Å²) >= 11 is 7.16. The first-order valence-electron chi connectivity index (χ1n) is 7.92. The van der Waals surface area contributed by atoms with Gasteiger partial charge in [0.1, 0.15) is 0 Å². The molecule has 136 valence electrons. The van der Waals surface area contributed by atoms with Crippen LogP contribution in [0.5, 0.6) is 0 Å². The van der Waals surface area contributed by atoms with Gasteiger partial charge in [-0.15, -0.1) is 0 Å². The SMILES string of the molecule is CCCNc1ncc(-c2cccnc2-c2ccc(Cl)cc2C(F)(F)F)s1. The summed E-state index contributed by atoms with van der Waals surface area (Å²) < 4.78 is 40.5. The van der Waals surface area contributed by atoms with Crippen molar-refractivity contribution in [3.05, 3.63) is 53.3 Å². The Kier molecular flexibility index (Phi) is 5.48. The van der Waals surface area contributed by atoms with Crippen molar-refractivity contribution in [2.24, 2.45) is 0 Å². The summed E-state index contributed by atoms with van der Waals surface area (Å²) in [6.45, 7) is 2.82. The molecule has 0 atom stereocenters. The van der Waals surface area contributed by atoms with Crippen molar-refractivity contribution in [3.8, 4) is 21.7 Å². The van der Waals surface area contributed by atoms with Gasteiger partial charge in [-0.05, 0) is 30.7 Å². The summed E-state index contributed by atoms with van der Waals surface area (Å²) in [7, 11) is 0. The van der Waals surface area contributed by atoms with Crippen LogP contribution in [0.25, 0.3) is 21.7 Å². The van der Waals surface area contributed by atoms with Crippen molar-refractivity contribution in [2.75, 3.05) is 11.9 Å². The predicted octanol–water partition coefficient (Wildman–Crippen LogP) is 6.37. The second kappa shape index (κ2) is 7.63. The van der Waals surface area contributed by atoms with Gasteiger partial charge in [0.2, 0.25) is 0 Å². The van der Waals surface area contributed by atoms with Crippen molar-refractivity contribution in [3.63, 3.8) is 0 Å². The zero-order valence-corrected chi connectivity index (χ0v) is 15.3. The fourth-order valence-corrected chi connectivity index (χ4v) is 3.53. The average molecular weight is 398 g/mol. The molecule has 3 nitrogen and oxygen atoms in total. The van der Waals surface area contributed by atoms with E-state index in [1.54, 1.807) is 18.3 Å². The molecule has 0 saturated heterocycles. The summed E-state index contributed by atoms with van der Waals surface area (Å²) in [6.07, 6.45) is -0.458. The first-order valence-corrected chi connectivity index (χ1v) is 9.11. The summed E-state index contributed by atoms with van der Waals surface area (Å²) in [5.74, 6) is 0. The molecule has 3 rings (SSSR count). The molecule has 0 unspecified atom stereocenters. The lowest BCUT2D eigenvalue weighted by Crippen LogP contribution is -2.08. The number of nitrogens with zero attached hydrogens (tertiary/aromatic N) is 2. The Labute approximate surface area is 157 Å². The first kappa shape index (κ1) is 18.7. The van der Waals surface area contributed by atoms with Gasteiger partial charge in [0.05, 0.1) is 16.1 Å². The Morgan fingerprint density at radius 3 is 2.69 bits per heavy atom. The van der Waals surface area contributed by atoms with Crippen LogP contribution in [0.15, 0.2) is 42.7 Å². The highest BCUT2D eigenvalue weighted by Gasteiger charge is 2.35. The van der Waals surface area contributed by atoms with Crippen LogP contribution < -0.4 is 5.32 Å². The molecule has 26 heavy (non-hydrogen) atoms. The minimum Gasteiger partial charge on any atom is -0.362 e. The first-order chi connectivity index (χ1) is 12.4. The molecule has 1 N–H and O–H groups in total. The van der Waals surface area contributed by atoms with Gasteiger partial charge in [-0.1, -0.05) is 35.9 Å². The number of alkyl halides is 3. The molecule has 2 heterocycles. The fraction of sp³-hybridized carbons (Fsp3) is 0.222. The quantitative estimate of drug-likeness (QED) is 0.543. The normalized spacial score (nSPS) is 11.6. The molecular formula is C18H15ClF3N3S. The van der Waals surface area contributed by atoms with Crippen LogP contribution in [0.4, 0.5) is 18.3 Å². The van der Waals surface area contributed by atoms with E-state index >= 15 is 0 Å². The molecule has 2 aromatic heterocycles. The number of rotatable bonds is 5. The Morgan fingerprint density at radius 2 is 1.96 bits per heavy atom. The van der Waals surface area contributed by atoms with E-state index in [4.69, 9.17) is 11.6 Å². The monoisotopic (exact) mass is 397 g/mol. The van der Waals surface area contributed by atoms with E-state index in [1.165, 1.54) is 29.7 Å². The maximum Gasteiger partial charge on any atom is 0.417 e. The smallest absolute Gasteiger partial charge is 0.362 e. The van der Waals surface area contributed by atoms with Gasteiger partial charge in [-0.2, -0.15) is 13.2 Å². The lowest BCUT2D eigenvalue weighted by Gasteiger charge is -2.15. The molecule has 0 aliphatic rings. The molecule has 0 radical (unpaired) electrons. The van der Waals surface area contributed by atoms with Crippen molar-refractivity contribution in [1.29, 1.82) is 0 Å². The molecule has 0 bridgehead atoms. The van der Waals surface area contributed by atoms with Crippen molar-refractivity contribution >= 4 is 28.1 Å². The highest BCUT2D eigenvalue weighted by Crippen LogP contribution is 2.42. The van der Waals surface area contributed by atoms with Gasteiger partial charge >= 0.3 is 6.18 Å². The number of hydrogen-bond acceptors (Lipinski definition) is 4. The van der Waals surface area contributed by atoms with Gasteiger partial charge in [0.15, 0.2) is 5.13 Å². The van der Waals surface area contributed by atoms with Crippen LogP contribution in [0, 0.1) is 0 Å². The largest absolute Gasteiger partial charge is 0.417 e. The fourth-order valence-electron chi connectivity index (χ4n) is 2.49. The van der Waals surface area contributed by atoms with E-state index < -0.39 is 11.7 Å². The van der Waals surface area contributed by atoms with Gasteiger partial charge in [0, 0.05) is 35.1 Å². The maximum absolute atomic E-state index is 13.5. The number of anilines is 1. The van der Waals surface area contributed by atoms with Crippen molar-refractivity contribution < 1.29 is 13.2 Å². The third-order valence-corrected chi connectivity index (χ3v) is 4.87. The Hall–Kier alpha value is -2.12. The van der Waals surface area contributed by atoms with Crippen LogP contribution in [-0.4, -0.2) is 16.5 Å². The number of nitrogens with one attached hydrogen (secondary N) is 1. The van der Waals surface area contributed by atoms with Crippen LogP contribution in [-0.2, 0) is 6.18 Å². The van der Waals surface area contributed by atoms with Crippen LogP contribution in [0.1, 0.15) is 18.9 Å². The number of benzene rings is 1. The Bertz CT molecular complexity index is 909. The molecule has 0 amide bonds. The van der Waals surface area contributed by atoms with E-state index in [-0.39, 0.29) is 16.3 Å². The van der Waals surface area contributed by atoms with Crippen molar-refractivity contribution in [1.82, 2.24) is 9.97 Å². The highest BCUT2D eigenvalue weighted by molar-refractivity contribution is 7.18. The molecule has 0 spiro atoms. The van der Waals surface area contributed by atoms with E-state index in [9.17, 15) is 13.2 Å². The Balaban J connectivity index is 2.10. The lowest BCUT2D eigenvalue weighted by atomic mass is 9.99. The van der Waals surface area contributed by atoms with E-state index in [0.717, 1.165) is 29.0 Å². The summed E-state index contributed by atoms with van der Waals surface area (Å²) in [4.78, 5) is 9.25. The maximum atomic E-state index is 13.5. The molecule has 0 aliphatic heterocycles. The van der Waals surface area contributed by atoms with Crippen molar-refractivity contribution in [2.45, 2.75) is 19.5 Å². The van der Waals surface area contributed by atoms with E-state index in [1.807, 2.05) is 6.92 Å². The molecule has 1 aromatic carbocycles. The van der Waals surface area contributed by atoms with Gasteiger partial charge in [0.25, 0.3) is 0 Å². The van der Waals surface area contributed by atoms with E-state index in [2.05, 4.69) is 15.3 Å². The van der Waals surface area contributed by atoms with Crippen LogP contribution in [0.3, 0.4) is 0 Å². The minimum absolute atomic E-state index is 0.00559. The third-order valence-electron chi connectivity index (χ3n) is 3.65. The number of aromatic nitrogens is 2. The number of pyridine rings is 1. The van der Waals surface area contributed by atoms with Gasteiger partial charge in [-0.3, -0.25) is 4.98 Å². The minimum atomic E-state index is -4.53. The molecule has 8 heteroatoms. The number of thiazole rings is 1. The standard InChI is InChI=1S/C18H15ClF3N3S/c1-2-7-24-17-25-10-15(26-17)13-4-3-8-23-16(13)12-6-5-11(19)9-14(12)18(20,21)22/h3-6,8-10H,2,7H2,1H3,(H,24,25). The zero-order valence-electron chi connectivity index (χ0n) is 13.8. The summed E-state index contributed by atoms with van der Waals surface area (Å²) in [5.41, 5.74) is 0.0392. The molecule has 0 aliphatic carbocycles. The number of halogens is 4. The molecule has 0 fully saturated rings. The van der Waals surface area contributed by atoms with Gasteiger partial charge in [-0.25, -0.2) is 4.98 Å². The average Bonchev–Trinajstić information content (AvgIpc) is 3.08. The summed E-state index contributed by atoms with van der Waals surface area (Å²) in [5, 5.41) is 3.93. The lowest BCUT2D eigenvalue weighted by molar-refractivity contribution is -0.137. The third kappa shape index (κ3) is 3.99. The van der Waals surface area contributed by atoms with Gasteiger partial charge < -0.3 is 5.32 Å². The molecule has 0 saturated carbocycles. The zero-order chi connectivity index (χ0) is 18.7. The topological polar surface area (TPSA) is 37.8 Å². The van der Waals surface area contributed by atoms with Crippen LogP contribution >= 0.6 is 22.9 Å². The Morgan fingerprint density at radius 1 is 1.15 bits per heavy atom. The highest BCUT2D eigenvalue weighted by atomic mass is 35.5. The number of hydrogen-bond donors (Lipinski definition) is 1. The summed E-state index contributed by atoms with van der Waals surface area (Å²) in [6, 6.07) is 7.16. The van der Waals surface area contributed by atoms with E-state index in [0.29, 0.717) is 5.56 Å².